The van der Waals surface area contributed by atoms with Gasteiger partial charge in [-0.15, -0.1) is 10.2 Å². The number of carbonyl (C=O) groups excluding carboxylic acids is 2. The van der Waals surface area contributed by atoms with Crippen molar-refractivity contribution in [3.63, 3.8) is 0 Å². The van der Waals surface area contributed by atoms with E-state index in [4.69, 9.17) is 4.74 Å². The second kappa shape index (κ2) is 10.4. The van der Waals surface area contributed by atoms with Crippen LogP contribution in [0.5, 0.6) is 5.75 Å². The highest BCUT2D eigenvalue weighted by Gasteiger charge is 2.22. The van der Waals surface area contributed by atoms with Gasteiger partial charge >= 0.3 is 0 Å². The van der Waals surface area contributed by atoms with Crippen LogP contribution in [0.1, 0.15) is 6.92 Å². The SMILES string of the molecule is CC(=O)Nc1ccc(OCC(=O)N2CCN(c3ccc(-c4ccc5ccccc5c4)nn3)CC2)cc1. The standard InChI is InChI=1S/C28H27N5O3/c1-20(34)29-24-8-10-25(11-9-24)36-19-28(35)33-16-14-32(15-17-33)27-13-12-26(30-31-27)23-7-6-21-4-2-3-5-22(21)18-23/h2-13,18H,14-17,19H2,1H3,(H,29,34). The summed E-state index contributed by atoms with van der Waals surface area (Å²) >= 11 is 0. The van der Waals surface area contributed by atoms with Crippen molar-refractivity contribution in [2.45, 2.75) is 6.92 Å². The van der Waals surface area contributed by atoms with Gasteiger partial charge in [-0.25, -0.2) is 0 Å². The van der Waals surface area contributed by atoms with Crippen molar-refractivity contribution in [1.29, 1.82) is 0 Å². The molecule has 4 aromatic rings. The lowest BCUT2D eigenvalue weighted by molar-refractivity contribution is -0.133. The summed E-state index contributed by atoms with van der Waals surface area (Å²) in [7, 11) is 0. The molecule has 5 rings (SSSR count). The Morgan fingerprint density at radius 1 is 0.861 bits per heavy atom. The molecular formula is C28H27N5O3. The van der Waals surface area contributed by atoms with Crippen molar-refractivity contribution in [2.75, 3.05) is 43.0 Å². The lowest BCUT2D eigenvalue weighted by Crippen LogP contribution is -2.50. The fraction of sp³-hybridized carbons (Fsp3) is 0.214. The number of piperazine rings is 1. The van der Waals surface area contributed by atoms with Crippen molar-refractivity contribution >= 4 is 34.1 Å². The first kappa shape index (κ1) is 23.3. The number of hydrogen-bond donors (Lipinski definition) is 1. The molecule has 3 aromatic carbocycles. The summed E-state index contributed by atoms with van der Waals surface area (Å²) in [6, 6.07) is 25.5. The van der Waals surface area contributed by atoms with Crippen molar-refractivity contribution in [3.05, 3.63) is 78.9 Å². The summed E-state index contributed by atoms with van der Waals surface area (Å²) in [5, 5.41) is 14.0. The molecule has 0 unspecified atom stereocenters. The molecule has 182 valence electrons. The molecule has 1 aliphatic rings. The number of hydrogen-bond acceptors (Lipinski definition) is 6. The number of amides is 2. The van der Waals surface area contributed by atoms with Crippen molar-refractivity contribution in [2.24, 2.45) is 0 Å². The summed E-state index contributed by atoms with van der Waals surface area (Å²) in [5.74, 6) is 1.20. The lowest BCUT2D eigenvalue weighted by atomic mass is 10.1. The third kappa shape index (κ3) is 5.43. The van der Waals surface area contributed by atoms with Gasteiger partial charge in [0.05, 0.1) is 5.69 Å². The van der Waals surface area contributed by atoms with Crippen molar-refractivity contribution in [1.82, 2.24) is 15.1 Å². The van der Waals surface area contributed by atoms with E-state index < -0.39 is 0 Å². The molecule has 8 heteroatoms. The Morgan fingerprint density at radius 3 is 2.31 bits per heavy atom. The van der Waals surface area contributed by atoms with Crippen molar-refractivity contribution < 1.29 is 14.3 Å². The third-order valence-electron chi connectivity index (χ3n) is 6.19. The van der Waals surface area contributed by atoms with Crippen LogP contribution in [0.15, 0.2) is 78.9 Å². The van der Waals surface area contributed by atoms with Crippen LogP contribution >= 0.6 is 0 Å². The first-order chi connectivity index (χ1) is 17.5. The first-order valence-corrected chi connectivity index (χ1v) is 11.9. The summed E-state index contributed by atoms with van der Waals surface area (Å²) in [5.41, 5.74) is 2.55. The normalized spacial score (nSPS) is 13.5. The molecule has 2 amide bonds. The zero-order chi connectivity index (χ0) is 24.9. The minimum atomic E-state index is -0.134. The molecule has 0 radical (unpaired) electrons. The highest BCUT2D eigenvalue weighted by Crippen LogP contribution is 2.24. The number of ether oxygens (including phenoxy) is 1. The molecule has 0 spiro atoms. The molecule has 1 N–H and O–H groups in total. The largest absolute Gasteiger partial charge is 0.484 e. The molecule has 0 saturated carbocycles. The molecule has 1 fully saturated rings. The van der Waals surface area contributed by atoms with Gasteiger partial charge in [0.15, 0.2) is 12.4 Å². The summed E-state index contributed by atoms with van der Waals surface area (Å²) < 4.78 is 5.63. The van der Waals surface area contributed by atoms with E-state index in [1.54, 1.807) is 29.2 Å². The number of benzene rings is 3. The number of anilines is 2. The van der Waals surface area contributed by atoms with Gasteiger partial charge in [0.1, 0.15) is 5.75 Å². The highest BCUT2D eigenvalue weighted by atomic mass is 16.5. The van der Waals surface area contributed by atoms with Gasteiger partial charge < -0.3 is 19.9 Å². The van der Waals surface area contributed by atoms with E-state index in [-0.39, 0.29) is 18.4 Å². The molecule has 36 heavy (non-hydrogen) atoms. The zero-order valence-electron chi connectivity index (χ0n) is 20.1. The average molecular weight is 482 g/mol. The van der Waals surface area contributed by atoms with E-state index in [0.717, 1.165) is 17.1 Å². The third-order valence-corrected chi connectivity index (χ3v) is 6.19. The van der Waals surface area contributed by atoms with Crippen molar-refractivity contribution in [3.8, 4) is 17.0 Å². The molecule has 0 aliphatic carbocycles. The van der Waals surface area contributed by atoms with E-state index in [2.05, 4.69) is 50.7 Å². The Hall–Kier alpha value is -4.46. The second-order valence-electron chi connectivity index (χ2n) is 8.70. The van der Waals surface area contributed by atoms with E-state index in [0.29, 0.717) is 37.6 Å². The van der Waals surface area contributed by atoms with Gasteiger partial charge in [-0.3, -0.25) is 9.59 Å². The molecule has 8 nitrogen and oxygen atoms in total. The monoisotopic (exact) mass is 481 g/mol. The minimum absolute atomic E-state index is 0.0280. The maximum Gasteiger partial charge on any atom is 0.260 e. The van der Waals surface area contributed by atoms with Gasteiger partial charge in [-0.2, -0.15) is 0 Å². The predicted octanol–water partition coefficient (Wildman–Crippen LogP) is 3.98. The molecule has 1 saturated heterocycles. The number of carbonyl (C=O) groups is 2. The maximum atomic E-state index is 12.6. The number of nitrogens with one attached hydrogen (secondary N) is 1. The van der Waals surface area contributed by atoms with Crippen LogP contribution in [0.3, 0.4) is 0 Å². The predicted molar refractivity (Wildman–Crippen MR) is 140 cm³/mol. The number of nitrogens with zero attached hydrogens (tertiary/aromatic N) is 4. The van der Waals surface area contributed by atoms with Gasteiger partial charge in [-0.1, -0.05) is 36.4 Å². The molecular weight excluding hydrogens is 454 g/mol. The summed E-state index contributed by atoms with van der Waals surface area (Å²) in [6.07, 6.45) is 0. The van der Waals surface area contributed by atoms with E-state index in [1.807, 2.05) is 24.3 Å². The smallest absolute Gasteiger partial charge is 0.260 e. The second-order valence-corrected chi connectivity index (χ2v) is 8.70. The fourth-order valence-electron chi connectivity index (χ4n) is 4.26. The number of fused-ring (bicyclic) bond motifs is 1. The minimum Gasteiger partial charge on any atom is -0.484 e. The first-order valence-electron chi connectivity index (χ1n) is 11.9. The Labute approximate surface area is 209 Å². The van der Waals surface area contributed by atoms with Crippen LogP contribution in [0.4, 0.5) is 11.5 Å². The van der Waals surface area contributed by atoms with Crippen LogP contribution in [-0.4, -0.2) is 59.7 Å². The highest BCUT2D eigenvalue weighted by molar-refractivity contribution is 5.88. The Balaban J connectivity index is 1.13. The zero-order valence-corrected chi connectivity index (χ0v) is 20.1. The fourth-order valence-corrected chi connectivity index (χ4v) is 4.26. The lowest BCUT2D eigenvalue weighted by Gasteiger charge is -2.35. The van der Waals surface area contributed by atoms with E-state index >= 15 is 0 Å². The maximum absolute atomic E-state index is 12.6. The molecule has 1 aromatic heterocycles. The Morgan fingerprint density at radius 2 is 1.61 bits per heavy atom. The van der Waals surface area contributed by atoms with Crippen LogP contribution in [0, 0.1) is 0 Å². The molecule has 0 atom stereocenters. The average Bonchev–Trinajstić information content (AvgIpc) is 2.92. The molecule has 0 bridgehead atoms. The van der Waals surface area contributed by atoms with E-state index in [1.165, 1.54) is 17.7 Å². The van der Waals surface area contributed by atoms with E-state index in [9.17, 15) is 9.59 Å². The van der Waals surface area contributed by atoms with Gasteiger partial charge in [0.25, 0.3) is 5.91 Å². The van der Waals surface area contributed by atoms with Gasteiger partial charge in [0.2, 0.25) is 5.91 Å². The van der Waals surface area contributed by atoms with Gasteiger partial charge in [-0.05, 0) is 53.2 Å². The van der Waals surface area contributed by atoms with Crippen LogP contribution < -0.4 is 15.0 Å². The quantitative estimate of drug-likeness (QED) is 0.448. The van der Waals surface area contributed by atoms with Crippen LogP contribution in [-0.2, 0) is 9.59 Å². The molecule has 2 heterocycles. The Kier molecular flexibility index (Phi) is 6.75. The topological polar surface area (TPSA) is 87.7 Å². The summed E-state index contributed by atoms with van der Waals surface area (Å²) in [4.78, 5) is 27.7. The van der Waals surface area contributed by atoms with Crippen LogP contribution in [0.2, 0.25) is 0 Å². The molecule has 1 aliphatic heterocycles. The van der Waals surface area contributed by atoms with Crippen LogP contribution in [0.25, 0.3) is 22.0 Å². The summed E-state index contributed by atoms with van der Waals surface area (Å²) in [6.45, 7) is 3.98. The number of rotatable bonds is 6. The Bertz CT molecular complexity index is 1360. The number of aromatic nitrogens is 2. The van der Waals surface area contributed by atoms with Gasteiger partial charge in [0, 0.05) is 44.4 Å².